The van der Waals surface area contributed by atoms with Gasteiger partial charge in [0.25, 0.3) is 5.91 Å². The topological polar surface area (TPSA) is 41.9 Å². The van der Waals surface area contributed by atoms with E-state index in [9.17, 15) is 26.7 Å². The van der Waals surface area contributed by atoms with Gasteiger partial charge in [-0.2, -0.15) is 10.1 Å². The SMILES string of the molecule is COc1ccc(Br)cc1/C=C1\C(=O)N(c2c(F)c(F)c(F)c(F)c2F)N=C1C. The number of hydrazone groups is 1. The zero-order valence-electron chi connectivity index (χ0n) is 14.3. The van der Waals surface area contributed by atoms with E-state index >= 15 is 0 Å². The molecule has 0 aromatic heterocycles. The highest BCUT2D eigenvalue weighted by Crippen LogP contribution is 2.34. The highest BCUT2D eigenvalue weighted by Gasteiger charge is 2.37. The quantitative estimate of drug-likeness (QED) is 0.281. The minimum Gasteiger partial charge on any atom is -0.496 e. The standard InChI is InChI=1S/C18H10BrF5N2O2/c1-7-10(6-8-5-9(19)3-4-11(8)28-2)18(27)26(25-7)17-15(23)13(21)12(20)14(22)16(17)24/h3-6H,1-2H3/b10-6-. The molecule has 2 aromatic carbocycles. The molecule has 0 saturated carbocycles. The highest BCUT2D eigenvalue weighted by atomic mass is 79.9. The second kappa shape index (κ2) is 7.34. The number of anilines is 1. The van der Waals surface area contributed by atoms with Crippen molar-refractivity contribution >= 4 is 39.3 Å². The Kier molecular flexibility index (Phi) is 5.24. The van der Waals surface area contributed by atoms with Gasteiger partial charge in [0.05, 0.1) is 18.4 Å². The van der Waals surface area contributed by atoms with E-state index in [1.165, 1.54) is 20.1 Å². The predicted octanol–water partition coefficient (Wildman–Crippen LogP) is 4.96. The van der Waals surface area contributed by atoms with Crippen molar-refractivity contribution in [2.24, 2.45) is 5.10 Å². The second-order valence-electron chi connectivity index (χ2n) is 5.67. The normalized spacial score (nSPS) is 15.4. The van der Waals surface area contributed by atoms with Crippen LogP contribution in [-0.4, -0.2) is 18.7 Å². The summed E-state index contributed by atoms with van der Waals surface area (Å²) in [6.45, 7) is 1.36. The van der Waals surface area contributed by atoms with Crippen molar-refractivity contribution in [3.8, 4) is 5.75 Å². The number of nitrogens with zero attached hydrogens (tertiary/aromatic N) is 2. The minimum atomic E-state index is -2.32. The van der Waals surface area contributed by atoms with Gasteiger partial charge in [-0.05, 0) is 31.2 Å². The third kappa shape index (κ3) is 3.17. The van der Waals surface area contributed by atoms with Gasteiger partial charge in [0.1, 0.15) is 11.4 Å². The Balaban J connectivity index is 2.12. The summed E-state index contributed by atoms with van der Waals surface area (Å²) in [5, 5.41) is 3.83. The third-order valence-electron chi connectivity index (χ3n) is 3.95. The molecule has 0 bridgehead atoms. The number of amides is 1. The van der Waals surface area contributed by atoms with E-state index in [1.807, 2.05) is 0 Å². The van der Waals surface area contributed by atoms with E-state index in [0.717, 1.165) is 0 Å². The first kappa shape index (κ1) is 20.0. The Morgan fingerprint density at radius 3 is 2.18 bits per heavy atom. The van der Waals surface area contributed by atoms with Crippen molar-refractivity contribution in [1.82, 2.24) is 0 Å². The largest absolute Gasteiger partial charge is 0.496 e. The van der Waals surface area contributed by atoms with E-state index in [4.69, 9.17) is 4.74 Å². The first-order valence-corrected chi connectivity index (χ1v) is 8.43. The Morgan fingerprint density at radius 2 is 1.61 bits per heavy atom. The summed E-state index contributed by atoms with van der Waals surface area (Å²) < 4.78 is 74.2. The lowest BCUT2D eigenvalue weighted by atomic mass is 10.1. The van der Waals surface area contributed by atoms with E-state index in [2.05, 4.69) is 21.0 Å². The molecule has 0 spiro atoms. The smallest absolute Gasteiger partial charge is 0.280 e. The number of carbonyl (C=O) groups is 1. The molecule has 2 aromatic rings. The molecule has 0 N–H and O–H groups in total. The van der Waals surface area contributed by atoms with Crippen LogP contribution in [0.4, 0.5) is 27.6 Å². The molecule has 28 heavy (non-hydrogen) atoms. The van der Waals surface area contributed by atoms with Crippen molar-refractivity contribution in [2.75, 3.05) is 12.1 Å². The van der Waals surface area contributed by atoms with Crippen molar-refractivity contribution < 1.29 is 31.5 Å². The fraction of sp³-hybridized carbons (Fsp3) is 0.111. The Hall–Kier alpha value is -2.75. The van der Waals surface area contributed by atoms with Gasteiger partial charge in [-0.15, -0.1) is 0 Å². The van der Waals surface area contributed by atoms with Crippen LogP contribution in [0.25, 0.3) is 6.08 Å². The molecule has 1 aliphatic heterocycles. The fourth-order valence-corrected chi connectivity index (χ4v) is 2.97. The van der Waals surface area contributed by atoms with Gasteiger partial charge in [0.15, 0.2) is 23.3 Å². The molecule has 1 amide bonds. The van der Waals surface area contributed by atoms with Crippen LogP contribution in [-0.2, 0) is 4.79 Å². The van der Waals surface area contributed by atoms with E-state index in [-0.39, 0.29) is 16.3 Å². The van der Waals surface area contributed by atoms with Gasteiger partial charge in [-0.25, -0.2) is 22.0 Å². The lowest BCUT2D eigenvalue weighted by molar-refractivity contribution is -0.114. The van der Waals surface area contributed by atoms with Crippen LogP contribution in [0.3, 0.4) is 0 Å². The third-order valence-corrected chi connectivity index (χ3v) is 4.45. The van der Waals surface area contributed by atoms with E-state index in [1.54, 1.807) is 18.2 Å². The summed E-state index contributed by atoms with van der Waals surface area (Å²) in [6.07, 6.45) is 1.34. The molecule has 0 atom stereocenters. The number of hydrogen-bond acceptors (Lipinski definition) is 3. The molecule has 0 aliphatic carbocycles. The number of methoxy groups -OCH3 is 1. The molecule has 10 heteroatoms. The Labute approximate surface area is 164 Å². The predicted molar refractivity (Wildman–Crippen MR) is 95.5 cm³/mol. The number of benzene rings is 2. The van der Waals surface area contributed by atoms with Crippen LogP contribution >= 0.6 is 15.9 Å². The zero-order chi connectivity index (χ0) is 20.7. The molecule has 1 heterocycles. The summed E-state index contributed by atoms with van der Waals surface area (Å²) in [4.78, 5) is 12.6. The Bertz CT molecular complexity index is 1040. The van der Waals surface area contributed by atoms with Gasteiger partial charge in [0, 0.05) is 10.0 Å². The van der Waals surface area contributed by atoms with Crippen molar-refractivity contribution in [2.45, 2.75) is 6.92 Å². The molecular weight excluding hydrogens is 451 g/mol. The fourth-order valence-electron chi connectivity index (χ4n) is 2.59. The molecule has 4 nitrogen and oxygen atoms in total. The summed E-state index contributed by atoms with van der Waals surface area (Å²) >= 11 is 3.27. The number of ether oxygens (including phenoxy) is 1. The lowest BCUT2D eigenvalue weighted by Crippen LogP contribution is -2.25. The van der Waals surface area contributed by atoms with Gasteiger partial charge in [-0.3, -0.25) is 4.79 Å². The monoisotopic (exact) mass is 460 g/mol. The van der Waals surface area contributed by atoms with Gasteiger partial charge >= 0.3 is 0 Å². The first-order valence-electron chi connectivity index (χ1n) is 7.64. The maximum atomic E-state index is 14.1. The first-order chi connectivity index (χ1) is 13.2. The lowest BCUT2D eigenvalue weighted by Gasteiger charge is -2.15. The van der Waals surface area contributed by atoms with Crippen LogP contribution in [0.2, 0.25) is 0 Å². The van der Waals surface area contributed by atoms with Crippen molar-refractivity contribution in [3.63, 3.8) is 0 Å². The molecular formula is C18H10BrF5N2O2. The minimum absolute atomic E-state index is 0.0240. The van der Waals surface area contributed by atoms with E-state index in [0.29, 0.717) is 15.8 Å². The second-order valence-corrected chi connectivity index (χ2v) is 6.58. The molecule has 0 saturated heterocycles. The number of carbonyl (C=O) groups excluding carboxylic acids is 1. The van der Waals surface area contributed by atoms with Crippen LogP contribution in [0.1, 0.15) is 12.5 Å². The molecule has 0 radical (unpaired) electrons. The molecule has 146 valence electrons. The zero-order valence-corrected chi connectivity index (χ0v) is 15.9. The van der Waals surface area contributed by atoms with Crippen molar-refractivity contribution in [3.05, 3.63) is 62.9 Å². The van der Waals surface area contributed by atoms with Crippen LogP contribution in [0.5, 0.6) is 5.75 Å². The number of halogens is 6. The molecule has 0 fully saturated rings. The maximum Gasteiger partial charge on any atom is 0.280 e. The van der Waals surface area contributed by atoms with Crippen LogP contribution in [0.15, 0.2) is 33.3 Å². The molecule has 0 unspecified atom stereocenters. The molecule has 1 aliphatic rings. The maximum absolute atomic E-state index is 14.1. The van der Waals surface area contributed by atoms with Crippen LogP contribution < -0.4 is 9.75 Å². The molecule has 3 rings (SSSR count). The summed E-state index contributed by atoms with van der Waals surface area (Å²) in [5.41, 5.74) is -1.07. The van der Waals surface area contributed by atoms with Crippen LogP contribution in [0, 0.1) is 29.1 Å². The summed E-state index contributed by atoms with van der Waals surface area (Å²) in [6, 6.07) is 4.93. The highest BCUT2D eigenvalue weighted by molar-refractivity contribution is 9.10. The number of hydrogen-bond donors (Lipinski definition) is 0. The summed E-state index contributed by atoms with van der Waals surface area (Å²) in [7, 11) is 1.41. The van der Waals surface area contributed by atoms with Gasteiger partial charge in [0.2, 0.25) is 5.82 Å². The van der Waals surface area contributed by atoms with E-state index < -0.39 is 40.7 Å². The Morgan fingerprint density at radius 1 is 1.04 bits per heavy atom. The summed E-state index contributed by atoms with van der Waals surface area (Å²) in [5.74, 6) is -11.6. The average molecular weight is 461 g/mol. The van der Waals surface area contributed by atoms with Crippen molar-refractivity contribution in [1.29, 1.82) is 0 Å². The van der Waals surface area contributed by atoms with Gasteiger partial charge < -0.3 is 4.74 Å². The average Bonchev–Trinajstić information content (AvgIpc) is 2.93. The van der Waals surface area contributed by atoms with Gasteiger partial charge in [-0.1, -0.05) is 15.9 Å². The number of rotatable bonds is 3.